The fourth-order valence-corrected chi connectivity index (χ4v) is 3.68. The van der Waals surface area contributed by atoms with Crippen molar-refractivity contribution in [2.45, 2.75) is 25.4 Å². The van der Waals surface area contributed by atoms with Gasteiger partial charge in [0.1, 0.15) is 0 Å². The van der Waals surface area contributed by atoms with E-state index < -0.39 is 5.60 Å². The average molecular weight is 346 g/mol. The molecule has 2 aromatic rings. The highest BCUT2D eigenvalue weighted by molar-refractivity contribution is 9.10. The monoisotopic (exact) mass is 344 g/mol. The molecule has 4 heteroatoms. The van der Waals surface area contributed by atoms with Gasteiger partial charge in [-0.2, -0.15) is 0 Å². The molecule has 96 valence electrons. The molecule has 0 aliphatic carbocycles. The van der Waals surface area contributed by atoms with E-state index in [2.05, 4.69) is 22.0 Å². The molecular formula is C14H14BrClOS. The number of aliphatic hydroxyl groups is 1. The fourth-order valence-electron chi connectivity index (χ4n) is 1.93. The van der Waals surface area contributed by atoms with Crippen molar-refractivity contribution in [2.24, 2.45) is 0 Å². The molecule has 0 aliphatic rings. The van der Waals surface area contributed by atoms with Crippen molar-refractivity contribution in [3.8, 4) is 0 Å². The predicted molar refractivity (Wildman–Crippen MR) is 81.5 cm³/mol. The van der Waals surface area contributed by atoms with E-state index >= 15 is 0 Å². The number of hydrogen-bond donors (Lipinski definition) is 1. The first kappa shape index (κ1) is 14.1. The Labute approximate surface area is 125 Å². The fraction of sp³-hybridized carbons (Fsp3) is 0.286. The van der Waals surface area contributed by atoms with Gasteiger partial charge in [0.2, 0.25) is 0 Å². The van der Waals surface area contributed by atoms with Gasteiger partial charge in [0.15, 0.2) is 0 Å². The van der Waals surface area contributed by atoms with E-state index in [9.17, 15) is 5.11 Å². The van der Waals surface area contributed by atoms with Crippen LogP contribution in [0.2, 0.25) is 5.02 Å². The van der Waals surface area contributed by atoms with Gasteiger partial charge in [0, 0.05) is 32.6 Å². The smallest absolute Gasteiger partial charge is 0.0707 e. The number of benzene rings is 1. The Morgan fingerprint density at radius 1 is 1.28 bits per heavy atom. The van der Waals surface area contributed by atoms with Gasteiger partial charge in [-0.25, -0.2) is 0 Å². The molecule has 0 amide bonds. The van der Waals surface area contributed by atoms with Gasteiger partial charge < -0.3 is 5.11 Å². The van der Waals surface area contributed by atoms with Gasteiger partial charge in [0.05, 0.1) is 5.60 Å². The van der Waals surface area contributed by atoms with Crippen molar-refractivity contribution in [1.29, 1.82) is 0 Å². The molecule has 1 heterocycles. The minimum Gasteiger partial charge on any atom is -0.389 e. The molecule has 18 heavy (non-hydrogen) atoms. The maximum Gasteiger partial charge on any atom is 0.0707 e. The third kappa shape index (κ3) is 4.09. The Morgan fingerprint density at radius 3 is 2.50 bits per heavy atom. The molecule has 1 aromatic carbocycles. The van der Waals surface area contributed by atoms with Crippen molar-refractivity contribution in [1.82, 2.24) is 0 Å². The lowest BCUT2D eigenvalue weighted by Gasteiger charge is -2.22. The zero-order valence-electron chi connectivity index (χ0n) is 9.99. The summed E-state index contributed by atoms with van der Waals surface area (Å²) < 4.78 is 1.07. The molecular weight excluding hydrogens is 332 g/mol. The van der Waals surface area contributed by atoms with E-state index in [1.807, 2.05) is 36.6 Å². The van der Waals surface area contributed by atoms with E-state index in [1.54, 1.807) is 11.3 Å². The van der Waals surface area contributed by atoms with Crippen LogP contribution in [0.25, 0.3) is 0 Å². The molecule has 2 rings (SSSR count). The minimum absolute atomic E-state index is 0.625. The quantitative estimate of drug-likeness (QED) is 0.851. The lowest BCUT2D eigenvalue weighted by atomic mass is 9.93. The summed E-state index contributed by atoms with van der Waals surface area (Å²) in [6, 6.07) is 9.69. The Morgan fingerprint density at radius 2 is 1.94 bits per heavy atom. The zero-order chi connectivity index (χ0) is 13.2. The van der Waals surface area contributed by atoms with E-state index in [1.165, 1.54) is 4.88 Å². The Bertz CT molecular complexity index is 519. The standard InChI is InChI=1S/C14H14BrClOS/c1-14(17,8-13-6-11(15)9-18-13)7-10-2-4-12(16)5-3-10/h2-6,9,17H,7-8H2,1H3. The maximum atomic E-state index is 10.5. The summed E-state index contributed by atoms with van der Waals surface area (Å²) >= 11 is 10.9. The molecule has 0 aliphatic heterocycles. The molecule has 0 radical (unpaired) electrons. The molecule has 0 bridgehead atoms. The lowest BCUT2D eigenvalue weighted by Crippen LogP contribution is -2.29. The van der Waals surface area contributed by atoms with Crippen LogP contribution in [0.5, 0.6) is 0 Å². The Balaban J connectivity index is 2.04. The summed E-state index contributed by atoms with van der Waals surface area (Å²) in [4.78, 5) is 1.18. The van der Waals surface area contributed by atoms with E-state index in [0.717, 1.165) is 15.1 Å². The second kappa shape index (κ2) is 5.74. The summed E-state index contributed by atoms with van der Waals surface area (Å²) in [6.07, 6.45) is 1.28. The van der Waals surface area contributed by atoms with Gasteiger partial charge in [-0.05, 0) is 46.6 Å². The molecule has 1 unspecified atom stereocenters. The van der Waals surface area contributed by atoms with E-state index in [0.29, 0.717) is 12.8 Å². The predicted octanol–water partition coefficient (Wildman–Crippen LogP) is 4.70. The number of halogens is 2. The Kier molecular flexibility index (Phi) is 4.49. The topological polar surface area (TPSA) is 20.2 Å². The largest absolute Gasteiger partial charge is 0.389 e. The molecule has 1 nitrogen and oxygen atoms in total. The van der Waals surface area contributed by atoms with Crippen LogP contribution < -0.4 is 0 Å². The van der Waals surface area contributed by atoms with Crippen molar-refractivity contribution in [2.75, 3.05) is 0 Å². The van der Waals surface area contributed by atoms with Crippen LogP contribution in [0.3, 0.4) is 0 Å². The van der Waals surface area contributed by atoms with Crippen LogP contribution in [0, 0.1) is 0 Å². The lowest BCUT2D eigenvalue weighted by molar-refractivity contribution is 0.0616. The molecule has 0 saturated carbocycles. The third-order valence-electron chi connectivity index (χ3n) is 2.68. The van der Waals surface area contributed by atoms with Gasteiger partial charge in [-0.15, -0.1) is 11.3 Å². The van der Waals surface area contributed by atoms with Gasteiger partial charge in [-0.3, -0.25) is 0 Å². The first-order valence-corrected chi connectivity index (χ1v) is 7.69. The molecule has 1 aromatic heterocycles. The van der Waals surface area contributed by atoms with Gasteiger partial charge in [0.25, 0.3) is 0 Å². The van der Waals surface area contributed by atoms with Crippen LogP contribution >= 0.6 is 38.9 Å². The normalized spacial score (nSPS) is 14.4. The number of hydrogen-bond acceptors (Lipinski definition) is 2. The second-order valence-electron chi connectivity index (χ2n) is 4.71. The zero-order valence-corrected chi connectivity index (χ0v) is 13.1. The second-order valence-corrected chi connectivity index (χ2v) is 7.06. The molecule has 0 spiro atoms. The highest BCUT2D eigenvalue weighted by Crippen LogP contribution is 2.26. The van der Waals surface area contributed by atoms with Crippen LogP contribution in [0.4, 0.5) is 0 Å². The number of rotatable bonds is 4. The van der Waals surface area contributed by atoms with Gasteiger partial charge >= 0.3 is 0 Å². The van der Waals surface area contributed by atoms with Gasteiger partial charge in [-0.1, -0.05) is 23.7 Å². The SMILES string of the molecule is CC(O)(Cc1ccc(Cl)cc1)Cc1cc(Br)cs1. The van der Waals surface area contributed by atoms with Crippen LogP contribution in [0.1, 0.15) is 17.4 Å². The summed E-state index contributed by atoms with van der Waals surface area (Å²) in [6.45, 7) is 1.87. The van der Waals surface area contributed by atoms with Crippen molar-refractivity contribution in [3.63, 3.8) is 0 Å². The maximum absolute atomic E-state index is 10.5. The van der Waals surface area contributed by atoms with Crippen LogP contribution in [-0.2, 0) is 12.8 Å². The highest BCUT2D eigenvalue weighted by atomic mass is 79.9. The molecule has 1 N–H and O–H groups in total. The van der Waals surface area contributed by atoms with E-state index in [-0.39, 0.29) is 0 Å². The third-order valence-corrected chi connectivity index (χ3v) is 4.62. The first-order valence-electron chi connectivity index (χ1n) is 5.64. The van der Waals surface area contributed by atoms with Crippen molar-refractivity contribution < 1.29 is 5.11 Å². The molecule has 0 saturated heterocycles. The average Bonchev–Trinajstić information content (AvgIpc) is 2.66. The Hall–Kier alpha value is -0.350. The summed E-state index contributed by atoms with van der Waals surface area (Å²) in [5.41, 5.74) is 0.359. The van der Waals surface area contributed by atoms with Crippen LogP contribution in [0.15, 0.2) is 40.2 Å². The van der Waals surface area contributed by atoms with Crippen molar-refractivity contribution >= 4 is 38.9 Å². The van der Waals surface area contributed by atoms with Crippen LogP contribution in [-0.4, -0.2) is 10.7 Å². The first-order chi connectivity index (χ1) is 8.44. The van der Waals surface area contributed by atoms with Crippen molar-refractivity contribution in [3.05, 3.63) is 55.6 Å². The number of thiophene rings is 1. The summed E-state index contributed by atoms with van der Waals surface area (Å²) in [5.74, 6) is 0. The summed E-state index contributed by atoms with van der Waals surface area (Å²) in [5, 5.41) is 13.2. The highest BCUT2D eigenvalue weighted by Gasteiger charge is 2.22. The summed E-state index contributed by atoms with van der Waals surface area (Å²) in [7, 11) is 0. The van der Waals surface area contributed by atoms with E-state index in [4.69, 9.17) is 11.6 Å². The molecule has 1 atom stereocenters. The minimum atomic E-state index is -0.738. The molecule has 0 fully saturated rings.